The van der Waals surface area contributed by atoms with Crippen molar-refractivity contribution in [1.82, 2.24) is 4.90 Å². The normalized spacial score (nSPS) is 12.7. The average Bonchev–Trinajstić information content (AvgIpc) is 2.05. The molecule has 1 amide bonds. The molecule has 0 bridgehead atoms. The van der Waals surface area contributed by atoms with Gasteiger partial charge in [0.1, 0.15) is 0 Å². The van der Waals surface area contributed by atoms with Gasteiger partial charge in [0.2, 0.25) is 5.91 Å². The minimum Gasteiger partial charge on any atom is -0.342 e. The van der Waals surface area contributed by atoms with E-state index in [-0.39, 0.29) is 11.9 Å². The average molecular weight is 172 g/mol. The molecule has 0 saturated carbocycles. The fraction of sp³-hybridized carbons (Fsp3) is 0.889. The van der Waals surface area contributed by atoms with Crippen molar-refractivity contribution in [3.8, 4) is 0 Å². The fourth-order valence-electron chi connectivity index (χ4n) is 1.06. The van der Waals surface area contributed by atoms with Gasteiger partial charge in [-0.2, -0.15) is 0 Å². The van der Waals surface area contributed by atoms with Crippen LogP contribution in [-0.4, -0.2) is 29.9 Å². The number of unbranched alkanes of at least 4 members (excludes halogenated alkanes) is 1. The van der Waals surface area contributed by atoms with E-state index >= 15 is 0 Å². The smallest absolute Gasteiger partial charge is 0.239 e. The number of rotatable bonds is 5. The van der Waals surface area contributed by atoms with E-state index in [2.05, 4.69) is 6.92 Å². The summed E-state index contributed by atoms with van der Waals surface area (Å²) in [5, 5.41) is 0. The van der Waals surface area contributed by atoms with Gasteiger partial charge < -0.3 is 10.6 Å². The van der Waals surface area contributed by atoms with Gasteiger partial charge in [0, 0.05) is 13.1 Å². The third-order valence-electron chi connectivity index (χ3n) is 1.86. The number of carbonyl (C=O) groups is 1. The van der Waals surface area contributed by atoms with E-state index in [9.17, 15) is 4.79 Å². The molecule has 72 valence electrons. The van der Waals surface area contributed by atoms with Crippen LogP contribution in [-0.2, 0) is 4.79 Å². The molecule has 3 heteroatoms. The van der Waals surface area contributed by atoms with Crippen molar-refractivity contribution in [2.45, 2.75) is 39.7 Å². The van der Waals surface area contributed by atoms with Crippen molar-refractivity contribution in [2.75, 3.05) is 13.1 Å². The standard InChI is InChI=1S/C9H20N2O/c1-4-6-7-11(5-2)9(12)8(3)10/h8H,4-7,10H2,1-3H3/t8-/m1/s1. The lowest BCUT2D eigenvalue weighted by Crippen LogP contribution is -2.42. The summed E-state index contributed by atoms with van der Waals surface area (Å²) in [6.45, 7) is 7.44. The summed E-state index contributed by atoms with van der Waals surface area (Å²) < 4.78 is 0. The first kappa shape index (κ1) is 11.4. The minimum absolute atomic E-state index is 0.0611. The first-order valence-electron chi connectivity index (χ1n) is 4.67. The first-order valence-corrected chi connectivity index (χ1v) is 4.67. The van der Waals surface area contributed by atoms with Gasteiger partial charge >= 0.3 is 0 Å². The summed E-state index contributed by atoms with van der Waals surface area (Å²) in [5.41, 5.74) is 5.49. The van der Waals surface area contributed by atoms with Crippen molar-refractivity contribution in [2.24, 2.45) is 5.73 Å². The van der Waals surface area contributed by atoms with E-state index in [0.717, 1.165) is 25.9 Å². The van der Waals surface area contributed by atoms with Gasteiger partial charge in [0.25, 0.3) is 0 Å². The molecule has 0 aliphatic rings. The van der Waals surface area contributed by atoms with Gasteiger partial charge in [-0.3, -0.25) is 4.79 Å². The van der Waals surface area contributed by atoms with E-state index in [1.165, 1.54) is 0 Å². The topological polar surface area (TPSA) is 46.3 Å². The van der Waals surface area contributed by atoms with Gasteiger partial charge in [0.15, 0.2) is 0 Å². The Balaban J connectivity index is 3.88. The highest BCUT2D eigenvalue weighted by atomic mass is 16.2. The molecule has 3 nitrogen and oxygen atoms in total. The summed E-state index contributed by atoms with van der Waals surface area (Å²) in [6.07, 6.45) is 2.18. The third-order valence-corrected chi connectivity index (χ3v) is 1.86. The highest BCUT2D eigenvalue weighted by Gasteiger charge is 2.14. The predicted octanol–water partition coefficient (Wildman–Crippen LogP) is 0.982. The SMILES string of the molecule is CCCCN(CC)C(=O)[C@@H](C)N. The highest BCUT2D eigenvalue weighted by molar-refractivity contribution is 5.81. The monoisotopic (exact) mass is 172 g/mol. The van der Waals surface area contributed by atoms with E-state index in [1.54, 1.807) is 6.92 Å². The van der Waals surface area contributed by atoms with Gasteiger partial charge in [-0.05, 0) is 20.3 Å². The molecular weight excluding hydrogens is 152 g/mol. The number of carbonyl (C=O) groups excluding carboxylic acids is 1. The molecule has 0 aromatic rings. The lowest BCUT2D eigenvalue weighted by atomic mass is 10.2. The number of nitrogens with two attached hydrogens (primary N) is 1. The molecule has 0 spiro atoms. The van der Waals surface area contributed by atoms with Crippen LogP contribution >= 0.6 is 0 Å². The number of hydrogen-bond acceptors (Lipinski definition) is 2. The molecule has 0 aromatic heterocycles. The Labute approximate surface area is 74.9 Å². The molecule has 0 radical (unpaired) electrons. The van der Waals surface area contributed by atoms with Gasteiger partial charge in [0.05, 0.1) is 6.04 Å². The van der Waals surface area contributed by atoms with E-state index in [4.69, 9.17) is 5.73 Å². The maximum atomic E-state index is 11.4. The summed E-state index contributed by atoms with van der Waals surface area (Å²) in [4.78, 5) is 13.2. The van der Waals surface area contributed by atoms with Gasteiger partial charge in [-0.15, -0.1) is 0 Å². The zero-order valence-corrected chi connectivity index (χ0v) is 8.34. The second-order valence-electron chi connectivity index (χ2n) is 3.06. The summed E-state index contributed by atoms with van der Waals surface area (Å²) in [5.74, 6) is 0.0611. The molecule has 1 atom stereocenters. The van der Waals surface area contributed by atoms with Crippen molar-refractivity contribution in [3.63, 3.8) is 0 Å². The van der Waals surface area contributed by atoms with E-state index < -0.39 is 0 Å². The van der Waals surface area contributed by atoms with Crippen molar-refractivity contribution in [3.05, 3.63) is 0 Å². The maximum absolute atomic E-state index is 11.4. The molecule has 2 N–H and O–H groups in total. The Morgan fingerprint density at radius 1 is 1.50 bits per heavy atom. The van der Waals surface area contributed by atoms with Crippen LogP contribution in [0.5, 0.6) is 0 Å². The van der Waals surface area contributed by atoms with Crippen LogP contribution in [0.15, 0.2) is 0 Å². The minimum atomic E-state index is -0.359. The molecule has 0 aliphatic carbocycles. The zero-order chi connectivity index (χ0) is 9.56. The molecule has 0 fully saturated rings. The maximum Gasteiger partial charge on any atom is 0.239 e. The molecule has 0 unspecified atom stereocenters. The van der Waals surface area contributed by atoms with Crippen LogP contribution in [0.25, 0.3) is 0 Å². The third kappa shape index (κ3) is 3.72. The molecule has 0 aromatic carbocycles. The van der Waals surface area contributed by atoms with Crippen molar-refractivity contribution >= 4 is 5.91 Å². The van der Waals surface area contributed by atoms with Crippen molar-refractivity contribution in [1.29, 1.82) is 0 Å². The van der Waals surface area contributed by atoms with Crippen LogP contribution in [0, 0.1) is 0 Å². The summed E-state index contributed by atoms with van der Waals surface area (Å²) in [6, 6.07) is -0.359. The van der Waals surface area contributed by atoms with Crippen molar-refractivity contribution < 1.29 is 4.79 Å². The van der Waals surface area contributed by atoms with Gasteiger partial charge in [-0.25, -0.2) is 0 Å². The summed E-state index contributed by atoms with van der Waals surface area (Å²) >= 11 is 0. The number of amides is 1. The van der Waals surface area contributed by atoms with Crippen LogP contribution in [0.3, 0.4) is 0 Å². The Kier molecular flexibility index (Phi) is 5.72. The fourth-order valence-corrected chi connectivity index (χ4v) is 1.06. The molecule has 0 aliphatic heterocycles. The van der Waals surface area contributed by atoms with E-state index in [1.807, 2.05) is 11.8 Å². The predicted molar refractivity (Wildman–Crippen MR) is 50.8 cm³/mol. The molecule has 12 heavy (non-hydrogen) atoms. The number of hydrogen-bond donors (Lipinski definition) is 1. The molecular formula is C9H20N2O. The largest absolute Gasteiger partial charge is 0.342 e. The zero-order valence-electron chi connectivity index (χ0n) is 8.34. The Bertz CT molecular complexity index is 134. The number of nitrogens with zero attached hydrogens (tertiary/aromatic N) is 1. The van der Waals surface area contributed by atoms with E-state index in [0.29, 0.717) is 0 Å². The molecule has 0 heterocycles. The quantitative estimate of drug-likeness (QED) is 0.672. The Morgan fingerprint density at radius 3 is 2.42 bits per heavy atom. The van der Waals surface area contributed by atoms with Crippen LogP contribution in [0.2, 0.25) is 0 Å². The number of likely N-dealkylation sites (N-methyl/N-ethyl adjacent to an activating group) is 1. The second kappa shape index (κ2) is 6.00. The molecule has 0 saturated heterocycles. The van der Waals surface area contributed by atoms with Crippen LogP contribution < -0.4 is 5.73 Å². The lowest BCUT2D eigenvalue weighted by Gasteiger charge is -2.22. The second-order valence-corrected chi connectivity index (χ2v) is 3.06. The highest BCUT2D eigenvalue weighted by Crippen LogP contribution is 1.97. The lowest BCUT2D eigenvalue weighted by molar-refractivity contribution is -0.132. The first-order chi connectivity index (χ1) is 5.63. The molecule has 0 rings (SSSR count). The van der Waals surface area contributed by atoms with Crippen LogP contribution in [0.4, 0.5) is 0 Å². The van der Waals surface area contributed by atoms with Gasteiger partial charge in [-0.1, -0.05) is 13.3 Å². The summed E-state index contributed by atoms with van der Waals surface area (Å²) in [7, 11) is 0. The Morgan fingerprint density at radius 2 is 2.08 bits per heavy atom. The van der Waals surface area contributed by atoms with Crippen LogP contribution in [0.1, 0.15) is 33.6 Å². The Hall–Kier alpha value is -0.570.